The van der Waals surface area contributed by atoms with Gasteiger partial charge in [0.05, 0.1) is 17.9 Å². The van der Waals surface area contributed by atoms with Gasteiger partial charge in [-0.1, -0.05) is 0 Å². The zero-order valence-corrected chi connectivity index (χ0v) is 9.04. The van der Waals surface area contributed by atoms with Crippen LogP contribution in [-0.4, -0.2) is 34.3 Å². The highest BCUT2D eigenvalue weighted by Gasteiger charge is 2.23. The van der Waals surface area contributed by atoms with Crippen molar-refractivity contribution in [3.05, 3.63) is 17.0 Å². The summed E-state index contributed by atoms with van der Waals surface area (Å²) >= 11 is 0. The van der Waals surface area contributed by atoms with E-state index < -0.39 is 0 Å². The number of carbonyl (C=O) groups excluding carboxylic acids is 1. The summed E-state index contributed by atoms with van der Waals surface area (Å²) in [4.78, 5) is 17.4. The van der Waals surface area contributed by atoms with E-state index in [0.29, 0.717) is 18.7 Å². The van der Waals surface area contributed by atoms with E-state index in [1.54, 1.807) is 0 Å². The van der Waals surface area contributed by atoms with Crippen LogP contribution in [0.15, 0.2) is 0 Å². The van der Waals surface area contributed by atoms with E-state index in [1.807, 2.05) is 13.8 Å². The Morgan fingerprint density at radius 1 is 1.47 bits per heavy atom. The van der Waals surface area contributed by atoms with Crippen LogP contribution in [0.4, 0.5) is 0 Å². The maximum Gasteiger partial charge on any atom is 0.281 e. The van der Waals surface area contributed by atoms with E-state index in [2.05, 4.69) is 10.2 Å². The largest absolute Gasteiger partial charge is 0.282 e. The van der Waals surface area contributed by atoms with Crippen molar-refractivity contribution in [2.45, 2.75) is 26.7 Å². The molecule has 0 aromatic carbocycles. The number of amides is 1. The molecule has 1 aromatic rings. The molecule has 5 heteroatoms. The molecule has 2 heterocycles. The van der Waals surface area contributed by atoms with E-state index >= 15 is 0 Å². The summed E-state index contributed by atoms with van der Waals surface area (Å²) in [6.07, 6.45) is 2.02. The molecule has 1 fully saturated rings. The van der Waals surface area contributed by atoms with Crippen molar-refractivity contribution in [3.63, 3.8) is 0 Å². The Bertz CT molecular complexity index is 347. The van der Waals surface area contributed by atoms with E-state index in [1.165, 1.54) is 5.06 Å². The Morgan fingerprint density at radius 2 is 2.27 bits per heavy atom. The van der Waals surface area contributed by atoms with Crippen molar-refractivity contribution in [1.29, 1.82) is 0 Å². The molecule has 1 aliphatic heterocycles. The molecule has 82 valence electrons. The monoisotopic (exact) mass is 209 g/mol. The highest BCUT2D eigenvalue weighted by atomic mass is 16.7. The fourth-order valence-corrected chi connectivity index (χ4v) is 1.75. The van der Waals surface area contributed by atoms with Crippen molar-refractivity contribution in [2.75, 3.05) is 13.2 Å². The Kier molecular flexibility index (Phi) is 2.73. The molecule has 0 saturated carbocycles. The van der Waals surface area contributed by atoms with Crippen LogP contribution in [0, 0.1) is 13.8 Å². The molecule has 0 bridgehead atoms. The number of aryl methyl sites for hydroxylation is 2. The number of nitrogens with zero attached hydrogens (tertiary/aromatic N) is 2. The zero-order valence-electron chi connectivity index (χ0n) is 9.04. The van der Waals surface area contributed by atoms with E-state index in [0.717, 1.165) is 24.2 Å². The number of carbonyl (C=O) groups is 1. The molecule has 0 atom stereocenters. The van der Waals surface area contributed by atoms with Crippen molar-refractivity contribution in [2.24, 2.45) is 0 Å². The first-order valence-corrected chi connectivity index (χ1v) is 5.16. The van der Waals surface area contributed by atoms with Gasteiger partial charge in [-0.05, 0) is 26.7 Å². The minimum absolute atomic E-state index is 0.0848. The highest BCUT2D eigenvalue weighted by Crippen LogP contribution is 2.15. The van der Waals surface area contributed by atoms with Crippen LogP contribution in [0.3, 0.4) is 0 Å². The maximum atomic E-state index is 12.0. The van der Waals surface area contributed by atoms with Gasteiger partial charge in [-0.25, -0.2) is 5.06 Å². The fourth-order valence-electron chi connectivity index (χ4n) is 1.75. The van der Waals surface area contributed by atoms with Gasteiger partial charge in [0, 0.05) is 12.2 Å². The van der Waals surface area contributed by atoms with Gasteiger partial charge >= 0.3 is 0 Å². The predicted octanol–water partition coefficient (Wildman–Crippen LogP) is 1.19. The lowest BCUT2D eigenvalue weighted by Gasteiger charge is -2.25. The van der Waals surface area contributed by atoms with Crippen molar-refractivity contribution in [1.82, 2.24) is 15.3 Å². The smallest absolute Gasteiger partial charge is 0.281 e. The molecule has 1 amide bonds. The van der Waals surface area contributed by atoms with Gasteiger partial charge in [0.1, 0.15) is 0 Å². The average molecular weight is 209 g/mol. The van der Waals surface area contributed by atoms with Crippen LogP contribution in [0.1, 0.15) is 34.6 Å². The van der Waals surface area contributed by atoms with Crippen molar-refractivity contribution in [3.8, 4) is 0 Å². The topological polar surface area (TPSA) is 58.2 Å². The summed E-state index contributed by atoms with van der Waals surface area (Å²) in [6.45, 7) is 4.96. The second kappa shape index (κ2) is 4.02. The average Bonchev–Trinajstić information content (AvgIpc) is 2.59. The molecule has 1 saturated heterocycles. The lowest BCUT2D eigenvalue weighted by Crippen LogP contribution is -2.36. The van der Waals surface area contributed by atoms with Crippen LogP contribution < -0.4 is 0 Å². The number of aromatic nitrogens is 2. The first-order valence-electron chi connectivity index (χ1n) is 5.16. The van der Waals surface area contributed by atoms with Crippen LogP contribution in [-0.2, 0) is 4.84 Å². The van der Waals surface area contributed by atoms with E-state index in [9.17, 15) is 4.79 Å². The summed E-state index contributed by atoms with van der Waals surface area (Å²) < 4.78 is 0. The Hall–Kier alpha value is -1.36. The van der Waals surface area contributed by atoms with E-state index in [4.69, 9.17) is 4.84 Å². The first kappa shape index (κ1) is 10.2. The normalized spacial score (nSPS) is 16.8. The van der Waals surface area contributed by atoms with Crippen molar-refractivity contribution >= 4 is 5.91 Å². The molecule has 1 aromatic heterocycles. The number of H-pyrrole nitrogens is 1. The molecule has 5 nitrogen and oxygen atoms in total. The molecule has 1 aliphatic rings. The van der Waals surface area contributed by atoms with Crippen LogP contribution in [0.2, 0.25) is 0 Å². The molecule has 0 spiro atoms. The van der Waals surface area contributed by atoms with Gasteiger partial charge < -0.3 is 0 Å². The zero-order chi connectivity index (χ0) is 10.8. The van der Waals surface area contributed by atoms with E-state index in [-0.39, 0.29) is 5.91 Å². The summed E-state index contributed by atoms with van der Waals surface area (Å²) in [5.41, 5.74) is 2.16. The number of aromatic amines is 1. The minimum Gasteiger partial charge on any atom is -0.282 e. The Morgan fingerprint density at radius 3 is 2.80 bits per heavy atom. The third-order valence-electron chi connectivity index (χ3n) is 2.57. The Labute approximate surface area is 88.4 Å². The Balaban J connectivity index is 2.19. The molecule has 0 radical (unpaired) electrons. The van der Waals surface area contributed by atoms with Crippen LogP contribution in [0.25, 0.3) is 0 Å². The van der Waals surface area contributed by atoms with Gasteiger partial charge in [0.2, 0.25) is 0 Å². The van der Waals surface area contributed by atoms with Gasteiger partial charge in [-0.15, -0.1) is 0 Å². The third kappa shape index (κ3) is 1.87. The third-order valence-corrected chi connectivity index (χ3v) is 2.57. The predicted molar refractivity (Wildman–Crippen MR) is 54.3 cm³/mol. The molecule has 0 aliphatic carbocycles. The number of hydrogen-bond acceptors (Lipinski definition) is 3. The quantitative estimate of drug-likeness (QED) is 0.756. The minimum atomic E-state index is -0.0848. The molecule has 2 rings (SSSR count). The maximum absolute atomic E-state index is 12.0. The molecule has 0 unspecified atom stereocenters. The first-order chi connectivity index (χ1) is 7.20. The molecule has 1 N–H and O–H groups in total. The number of hydroxylamine groups is 2. The molecule has 15 heavy (non-hydrogen) atoms. The van der Waals surface area contributed by atoms with Gasteiger partial charge in [0.25, 0.3) is 5.91 Å². The molecular weight excluding hydrogens is 194 g/mol. The summed E-state index contributed by atoms with van der Waals surface area (Å²) in [6, 6.07) is 0. The number of rotatable bonds is 1. The van der Waals surface area contributed by atoms with Gasteiger partial charge in [-0.2, -0.15) is 5.10 Å². The second-order valence-corrected chi connectivity index (χ2v) is 3.76. The lowest BCUT2D eigenvalue weighted by molar-refractivity contribution is -0.144. The standard InChI is InChI=1S/C10H15N3O2/c1-7-9(8(2)12-11-7)10(14)13-5-3-4-6-15-13/h3-6H2,1-2H3,(H,11,12). The summed E-state index contributed by atoms with van der Waals surface area (Å²) in [7, 11) is 0. The molecular formula is C10H15N3O2. The highest BCUT2D eigenvalue weighted by molar-refractivity contribution is 5.95. The van der Waals surface area contributed by atoms with Crippen molar-refractivity contribution < 1.29 is 9.63 Å². The number of hydrogen-bond donors (Lipinski definition) is 1. The number of nitrogens with one attached hydrogen (secondary N) is 1. The SMILES string of the molecule is Cc1n[nH]c(C)c1C(=O)N1CCCCO1. The van der Waals surface area contributed by atoms with Crippen LogP contribution in [0.5, 0.6) is 0 Å². The lowest BCUT2D eigenvalue weighted by atomic mass is 10.2. The summed E-state index contributed by atoms with van der Waals surface area (Å²) in [5.74, 6) is -0.0848. The fraction of sp³-hybridized carbons (Fsp3) is 0.600. The van der Waals surface area contributed by atoms with Gasteiger partial charge in [-0.3, -0.25) is 14.7 Å². The summed E-state index contributed by atoms with van der Waals surface area (Å²) in [5, 5.41) is 8.25. The van der Waals surface area contributed by atoms with Crippen LogP contribution >= 0.6 is 0 Å². The second-order valence-electron chi connectivity index (χ2n) is 3.76. The van der Waals surface area contributed by atoms with Gasteiger partial charge in [0.15, 0.2) is 0 Å².